The Bertz CT molecular complexity index is 655. The molecule has 6 nitrogen and oxygen atoms in total. The third-order valence-corrected chi connectivity index (χ3v) is 4.62. The van der Waals surface area contributed by atoms with Crippen molar-refractivity contribution in [3.05, 3.63) is 42.5 Å². The lowest BCUT2D eigenvalue weighted by Gasteiger charge is -2.16. The van der Waals surface area contributed by atoms with E-state index in [9.17, 15) is 14.4 Å². The van der Waals surface area contributed by atoms with Gasteiger partial charge >= 0.3 is 6.09 Å². The Balaban J connectivity index is 1.47. The molecule has 3 aliphatic rings. The van der Waals surface area contributed by atoms with Crippen LogP contribution < -0.4 is 5.32 Å². The van der Waals surface area contributed by atoms with Crippen LogP contribution in [0.3, 0.4) is 0 Å². The SMILES string of the molecule is O=C(Nc1ccccc1)ON1C(=O)[C@@H]2[C@H](C1=O)[C@@H]1C=C[C@H]2C1. The molecule has 2 bridgehead atoms. The second-order valence-corrected chi connectivity index (χ2v) is 5.84. The predicted octanol–water partition coefficient (Wildman–Crippen LogP) is 1.96. The highest BCUT2D eigenvalue weighted by molar-refractivity contribution is 6.06. The van der Waals surface area contributed by atoms with Gasteiger partial charge in [0, 0.05) is 5.69 Å². The van der Waals surface area contributed by atoms with Crippen LogP contribution in [-0.4, -0.2) is 23.0 Å². The minimum absolute atomic E-state index is 0.0947. The van der Waals surface area contributed by atoms with E-state index in [0.717, 1.165) is 6.42 Å². The topological polar surface area (TPSA) is 75.7 Å². The van der Waals surface area contributed by atoms with Gasteiger partial charge in [-0.25, -0.2) is 4.79 Å². The molecule has 1 aromatic rings. The quantitative estimate of drug-likeness (QED) is 0.669. The van der Waals surface area contributed by atoms with E-state index in [1.165, 1.54) is 0 Å². The number of allylic oxidation sites excluding steroid dienone is 2. The van der Waals surface area contributed by atoms with Gasteiger partial charge in [-0.05, 0) is 30.4 Å². The monoisotopic (exact) mass is 298 g/mol. The fourth-order valence-electron chi connectivity index (χ4n) is 3.71. The number of nitrogens with one attached hydrogen (secondary N) is 1. The summed E-state index contributed by atoms with van der Waals surface area (Å²) >= 11 is 0. The van der Waals surface area contributed by atoms with Crippen LogP contribution in [-0.2, 0) is 14.4 Å². The molecule has 4 atom stereocenters. The summed E-state index contributed by atoms with van der Waals surface area (Å²) in [6, 6.07) is 8.71. The van der Waals surface area contributed by atoms with Crippen molar-refractivity contribution in [3.63, 3.8) is 0 Å². The molecular weight excluding hydrogens is 284 g/mol. The summed E-state index contributed by atoms with van der Waals surface area (Å²) in [5, 5.41) is 3.13. The standard InChI is InChI=1S/C16H14N2O4/c19-14-12-9-6-7-10(8-9)13(12)15(20)18(14)22-16(21)17-11-4-2-1-3-5-11/h1-7,9-10,12-13H,8H2,(H,17,21)/t9-,10+,12-,13+. The maximum Gasteiger partial charge on any atom is 0.436 e. The van der Waals surface area contributed by atoms with Crippen molar-refractivity contribution >= 4 is 23.6 Å². The third-order valence-electron chi connectivity index (χ3n) is 4.62. The number of nitrogens with zero attached hydrogens (tertiary/aromatic N) is 1. The first-order valence-corrected chi connectivity index (χ1v) is 7.25. The molecule has 1 saturated carbocycles. The van der Waals surface area contributed by atoms with Crippen molar-refractivity contribution in [3.8, 4) is 0 Å². The molecule has 112 valence electrons. The van der Waals surface area contributed by atoms with E-state index < -0.39 is 17.9 Å². The zero-order valence-electron chi connectivity index (χ0n) is 11.6. The van der Waals surface area contributed by atoms with Gasteiger partial charge in [0.05, 0.1) is 11.8 Å². The molecule has 22 heavy (non-hydrogen) atoms. The fourth-order valence-corrected chi connectivity index (χ4v) is 3.71. The van der Waals surface area contributed by atoms with E-state index in [0.29, 0.717) is 10.8 Å². The van der Waals surface area contributed by atoms with Gasteiger partial charge in [0.25, 0.3) is 11.8 Å². The second-order valence-electron chi connectivity index (χ2n) is 5.84. The largest absolute Gasteiger partial charge is 0.436 e. The van der Waals surface area contributed by atoms with E-state index in [1.807, 2.05) is 18.2 Å². The number of fused-ring (bicyclic) bond motifs is 5. The number of para-hydroxylation sites is 1. The van der Waals surface area contributed by atoms with Crippen LogP contribution in [0.15, 0.2) is 42.5 Å². The number of benzene rings is 1. The third kappa shape index (κ3) is 1.83. The highest BCUT2D eigenvalue weighted by Crippen LogP contribution is 2.52. The summed E-state index contributed by atoms with van der Waals surface area (Å²) in [7, 11) is 0. The summed E-state index contributed by atoms with van der Waals surface area (Å²) in [4.78, 5) is 41.5. The maximum absolute atomic E-state index is 12.3. The van der Waals surface area contributed by atoms with Gasteiger partial charge in [0.2, 0.25) is 0 Å². The maximum atomic E-state index is 12.3. The fraction of sp³-hybridized carbons (Fsp3) is 0.312. The van der Waals surface area contributed by atoms with Gasteiger partial charge in [0.15, 0.2) is 0 Å². The molecular formula is C16H14N2O4. The normalized spacial score (nSPS) is 31.5. The van der Waals surface area contributed by atoms with Gasteiger partial charge in [-0.2, -0.15) is 0 Å². The number of anilines is 1. The minimum Gasteiger partial charge on any atom is -0.311 e. The van der Waals surface area contributed by atoms with Crippen LogP contribution in [0.2, 0.25) is 0 Å². The Morgan fingerprint density at radius 2 is 1.64 bits per heavy atom. The lowest BCUT2D eigenvalue weighted by molar-refractivity contribution is -0.173. The lowest BCUT2D eigenvalue weighted by Crippen LogP contribution is -2.36. The Morgan fingerprint density at radius 3 is 2.23 bits per heavy atom. The van der Waals surface area contributed by atoms with Crippen LogP contribution in [0, 0.1) is 23.7 Å². The molecule has 0 spiro atoms. The van der Waals surface area contributed by atoms with Crippen LogP contribution in [0.1, 0.15) is 6.42 Å². The van der Waals surface area contributed by atoms with Crippen LogP contribution in [0.4, 0.5) is 10.5 Å². The molecule has 0 radical (unpaired) electrons. The predicted molar refractivity (Wildman–Crippen MR) is 76.1 cm³/mol. The van der Waals surface area contributed by atoms with Gasteiger partial charge in [-0.15, -0.1) is 5.06 Å². The summed E-state index contributed by atoms with van der Waals surface area (Å²) in [5.41, 5.74) is 0.536. The van der Waals surface area contributed by atoms with Crippen LogP contribution in [0.5, 0.6) is 0 Å². The number of imide groups is 1. The molecule has 2 fully saturated rings. The number of hydrogen-bond donors (Lipinski definition) is 1. The van der Waals surface area contributed by atoms with Crippen LogP contribution >= 0.6 is 0 Å². The zero-order valence-corrected chi connectivity index (χ0v) is 11.6. The molecule has 0 aromatic heterocycles. The average molecular weight is 298 g/mol. The number of amides is 3. The summed E-state index contributed by atoms with van der Waals surface area (Å²) in [5.74, 6) is -1.36. The summed E-state index contributed by atoms with van der Waals surface area (Å²) in [6.07, 6.45) is 3.99. The molecule has 0 unspecified atom stereocenters. The van der Waals surface area contributed by atoms with Crippen molar-refractivity contribution in [2.45, 2.75) is 6.42 Å². The minimum atomic E-state index is -0.840. The molecule has 6 heteroatoms. The van der Waals surface area contributed by atoms with E-state index in [4.69, 9.17) is 4.84 Å². The Morgan fingerprint density at radius 1 is 1.05 bits per heavy atom. The van der Waals surface area contributed by atoms with Crippen molar-refractivity contribution in [1.82, 2.24) is 5.06 Å². The number of carbonyl (C=O) groups is 3. The first-order valence-electron chi connectivity index (χ1n) is 7.25. The van der Waals surface area contributed by atoms with Crippen LogP contribution in [0.25, 0.3) is 0 Å². The van der Waals surface area contributed by atoms with Crippen molar-refractivity contribution in [2.75, 3.05) is 5.32 Å². The summed E-state index contributed by atoms with van der Waals surface area (Å²) < 4.78 is 0. The Kier molecular flexibility index (Phi) is 2.79. The highest BCUT2D eigenvalue weighted by Gasteiger charge is 2.60. The molecule has 1 saturated heterocycles. The number of hydroxylamine groups is 2. The molecule has 4 rings (SSSR count). The molecule has 1 N–H and O–H groups in total. The first-order chi connectivity index (χ1) is 10.6. The second kappa shape index (κ2) is 4.69. The van der Waals surface area contributed by atoms with Crippen molar-refractivity contribution in [1.29, 1.82) is 0 Å². The van der Waals surface area contributed by atoms with Crippen molar-refractivity contribution in [2.24, 2.45) is 23.7 Å². The lowest BCUT2D eigenvalue weighted by atomic mass is 9.85. The van der Waals surface area contributed by atoms with Gasteiger partial charge in [-0.3, -0.25) is 14.9 Å². The van der Waals surface area contributed by atoms with Gasteiger partial charge in [-0.1, -0.05) is 30.4 Å². The highest BCUT2D eigenvalue weighted by atomic mass is 16.7. The number of carbonyl (C=O) groups excluding carboxylic acids is 3. The number of hydrogen-bond acceptors (Lipinski definition) is 4. The van der Waals surface area contributed by atoms with Crippen molar-refractivity contribution < 1.29 is 19.2 Å². The van der Waals surface area contributed by atoms with Gasteiger partial charge < -0.3 is 4.84 Å². The smallest absolute Gasteiger partial charge is 0.311 e. The number of rotatable bonds is 2. The Labute approximate surface area is 126 Å². The molecule has 1 heterocycles. The molecule has 3 amide bonds. The van der Waals surface area contributed by atoms with E-state index in [-0.39, 0.29) is 23.7 Å². The molecule has 2 aliphatic carbocycles. The zero-order chi connectivity index (χ0) is 15.3. The van der Waals surface area contributed by atoms with E-state index >= 15 is 0 Å². The summed E-state index contributed by atoms with van der Waals surface area (Å²) in [6.45, 7) is 0. The average Bonchev–Trinajstić information content (AvgIpc) is 3.18. The first kappa shape index (κ1) is 13.1. The Hall–Kier alpha value is -2.63. The molecule has 1 aromatic carbocycles. The molecule has 1 aliphatic heterocycles. The van der Waals surface area contributed by atoms with E-state index in [1.54, 1.807) is 24.3 Å². The van der Waals surface area contributed by atoms with E-state index in [2.05, 4.69) is 5.32 Å². The van der Waals surface area contributed by atoms with Gasteiger partial charge in [0.1, 0.15) is 0 Å².